The Hall–Kier alpha value is -3.02. The molecule has 0 heterocycles. The second kappa shape index (κ2) is 9.78. The SMILES string of the molecule is COC(=O)COc1ccc(NCC(=O)NC(C)c2ccc(C)c(C)c2)c(C)c1. The first-order valence-corrected chi connectivity index (χ1v) is 9.20. The zero-order chi connectivity index (χ0) is 20.7. The summed E-state index contributed by atoms with van der Waals surface area (Å²) >= 11 is 0. The van der Waals surface area contributed by atoms with Crippen LogP contribution in [0, 0.1) is 20.8 Å². The molecule has 0 aromatic heterocycles. The van der Waals surface area contributed by atoms with Gasteiger partial charge in [0.05, 0.1) is 19.7 Å². The predicted molar refractivity (Wildman–Crippen MR) is 110 cm³/mol. The second-order valence-corrected chi connectivity index (χ2v) is 6.83. The molecule has 2 rings (SSSR count). The third-order valence-electron chi connectivity index (χ3n) is 4.63. The first kappa shape index (κ1) is 21.3. The number of hydrogen-bond acceptors (Lipinski definition) is 5. The highest BCUT2D eigenvalue weighted by molar-refractivity contribution is 5.81. The van der Waals surface area contributed by atoms with Gasteiger partial charge in [-0.05, 0) is 68.1 Å². The minimum absolute atomic E-state index is 0.0659. The van der Waals surface area contributed by atoms with Crippen LogP contribution in [0.2, 0.25) is 0 Å². The van der Waals surface area contributed by atoms with Gasteiger partial charge in [0.1, 0.15) is 5.75 Å². The molecule has 6 heteroatoms. The second-order valence-electron chi connectivity index (χ2n) is 6.83. The number of aryl methyl sites for hydroxylation is 3. The van der Waals surface area contributed by atoms with E-state index in [1.54, 1.807) is 12.1 Å². The minimum Gasteiger partial charge on any atom is -0.482 e. The van der Waals surface area contributed by atoms with Gasteiger partial charge in [-0.3, -0.25) is 4.79 Å². The van der Waals surface area contributed by atoms with Crippen LogP contribution in [0.3, 0.4) is 0 Å². The van der Waals surface area contributed by atoms with Gasteiger partial charge in [0, 0.05) is 5.69 Å². The highest BCUT2D eigenvalue weighted by Gasteiger charge is 2.11. The van der Waals surface area contributed by atoms with Crippen molar-refractivity contribution in [1.82, 2.24) is 5.32 Å². The summed E-state index contributed by atoms with van der Waals surface area (Å²) < 4.78 is 9.90. The smallest absolute Gasteiger partial charge is 0.343 e. The predicted octanol–water partition coefficient (Wildman–Crippen LogP) is 3.45. The lowest BCUT2D eigenvalue weighted by Gasteiger charge is -2.17. The highest BCUT2D eigenvalue weighted by atomic mass is 16.6. The van der Waals surface area contributed by atoms with Crippen LogP contribution >= 0.6 is 0 Å². The van der Waals surface area contributed by atoms with Crippen molar-refractivity contribution in [3.8, 4) is 5.75 Å². The first-order chi connectivity index (χ1) is 13.3. The quantitative estimate of drug-likeness (QED) is 0.682. The monoisotopic (exact) mass is 384 g/mol. The molecule has 0 spiro atoms. The summed E-state index contributed by atoms with van der Waals surface area (Å²) in [4.78, 5) is 23.4. The number of esters is 1. The molecule has 0 radical (unpaired) electrons. The summed E-state index contributed by atoms with van der Waals surface area (Å²) in [7, 11) is 1.32. The van der Waals surface area contributed by atoms with Crippen molar-refractivity contribution in [3.05, 3.63) is 58.7 Å². The van der Waals surface area contributed by atoms with E-state index in [1.807, 2.05) is 26.0 Å². The van der Waals surface area contributed by atoms with Crippen molar-refractivity contribution >= 4 is 17.6 Å². The Labute approximate surface area is 166 Å². The molecular formula is C22H28N2O4. The molecule has 0 aliphatic rings. The van der Waals surface area contributed by atoms with Crippen LogP contribution in [0.1, 0.15) is 35.2 Å². The molecule has 150 valence electrons. The van der Waals surface area contributed by atoms with Crippen LogP contribution in [0.4, 0.5) is 5.69 Å². The lowest BCUT2D eigenvalue weighted by molar-refractivity contribution is -0.142. The minimum atomic E-state index is -0.436. The maximum Gasteiger partial charge on any atom is 0.343 e. The Morgan fingerprint density at radius 3 is 2.39 bits per heavy atom. The van der Waals surface area contributed by atoms with E-state index in [0.717, 1.165) is 16.8 Å². The average Bonchev–Trinajstić information content (AvgIpc) is 2.67. The highest BCUT2D eigenvalue weighted by Crippen LogP contribution is 2.21. The van der Waals surface area contributed by atoms with Gasteiger partial charge in [-0.2, -0.15) is 0 Å². The zero-order valence-electron chi connectivity index (χ0n) is 17.1. The fraction of sp³-hybridized carbons (Fsp3) is 0.364. The summed E-state index contributed by atoms with van der Waals surface area (Å²) in [6, 6.07) is 11.5. The van der Waals surface area contributed by atoms with Crippen LogP contribution in [0.5, 0.6) is 5.75 Å². The summed E-state index contributed by atoms with van der Waals surface area (Å²) in [6.07, 6.45) is 0. The topological polar surface area (TPSA) is 76.7 Å². The lowest BCUT2D eigenvalue weighted by atomic mass is 10.0. The number of hydrogen-bond donors (Lipinski definition) is 2. The van der Waals surface area contributed by atoms with Gasteiger partial charge in [-0.15, -0.1) is 0 Å². The first-order valence-electron chi connectivity index (χ1n) is 9.20. The van der Waals surface area contributed by atoms with Crippen LogP contribution in [0.15, 0.2) is 36.4 Å². The van der Waals surface area contributed by atoms with Gasteiger partial charge in [-0.1, -0.05) is 18.2 Å². The normalized spacial score (nSPS) is 11.5. The molecule has 0 aliphatic heterocycles. The molecule has 0 saturated heterocycles. The standard InChI is InChI=1S/C22H28N2O4/c1-14-6-7-18(10-15(14)2)17(4)24-21(25)12-23-20-9-8-19(11-16(20)3)28-13-22(26)27-5/h6-11,17,23H,12-13H2,1-5H3,(H,24,25). The number of carbonyl (C=O) groups is 2. The van der Waals surface area contributed by atoms with E-state index in [0.29, 0.717) is 5.75 Å². The van der Waals surface area contributed by atoms with E-state index in [-0.39, 0.29) is 25.1 Å². The number of nitrogens with one attached hydrogen (secondary N) is 2. The van der Waals surface area contributed by atoms with Crippen molar-refractivity contribution in [2.24, 2.45) is 0 Å². The number of anilines is 1. The summed E-state index contributed by atoms with van der Waals surface area (Å²) in [5.41, 5.74) is 5.27. The molecule has 1 unspecified atom stereocenters. The van der Waals surface area contributed by atoms with E-state index >= 15 is 0 Å². The lowest BCUT2D eigenvalue weighted by Crippen LogP contribution is -2.32. The molecule has 0 fully saturated rings. The Balaban J connectivity index is 1.87. The Bertz CT molecular complexity index is 848. The number of methoxy groups -OCH3 is 1. The molecule has 1 amide bonds. The fourth-order valence-corrected chi connectivity index (χ4v) is 2.71. The molecule has 1 atom stereocenters. The molecule has 2 N–H and O–H groups in total. The molecule has 28 heavy (non-hydrogen) atoms. The number of benzene rings is 2. The van der Waals surface area contributed by atoms with Crippen LogP contribution in [0.25, 0.3) is 0 Å². The Kier molecular flexibility index (Phi) is 7.44. The summed E-state index contributed by atoms with van der Waals surface area (Å²) in [5, 5.41) is 6.14. The number of ether oxygens (including phenoxy) is 2. The van der Waals surface area contributed by atoms with E-state index in [4.69, 9.17) is 4.74 Å². The van der Waals surface area contributed by atoms with Gasteiger partial charge in [-0.25, -0.2) is 4.79 Å². The van der Waals surface area contributed by atoms with Crippen LogP contribution < -0.4 is 15.4 Å². The zero-order valence-corrected chi connectivity index (χ0v) is 17.1. The molecule has 0 aliphatic carbocycles. The van der Waals surface area contributed by atoms with Gasteiger partial charge in [0.2, 0.25) is 5.91 Å². The van der Waals surface area contributed by atoms with Gasteiger partial charge in [0.15, 0.2) is 6.61 Å². The third-order valence-corrected chi connectivity index (χ3v) is 4.63. The fourth-order valence-electron chi connectivity index (χ4n) is 2.71. The van der Waals surface area contributed by atoms with Crippen molar-refractivity contribution in [3.63, 3.8) is 0 Å². The maximum atomic E-state index is 12.3. The summed E-state index contributed by atoms with van der Waals surface area (Å²) in [6.45, 7) is 8.04. The molecule has 2 aromatic carbocycles. The van der Waals surface area contributed by atoms with E-state index in [9.17, 15) is 9.59 Å². The van der Waals surface area contributed by atoms with Crippen LogP contribution in [-0.4, -0.2) is 32.1 Å². The van der Waals surface area contributed by atoms with Gasteiger partial charge >= 0.3 is 5.97 Å². The van der Waals surface area contributed by atoms with Gasteiger partial charge in [0.25, 0.3) is 0 Å². The number of rotatable bonds is 8. The Morgan fingerprint density at radius 2 is 1.75 bits per heavy atom. The third kappa shape index (κ3) is 6.01. The average molecular weight is 384 g/mol. The van der Waals surface area contributed by atoms with Crippen molar-refractivity contribution in [2.45, 2.75) is 33.7 Å². The van der Waals surface area contributed by atoms with Crippen LogP contribution in [-0.2, 0) is 14.3 Å². The number of carbonyl (C=O) groups excluding carboxylic acids is 2. The van der Waals surface area contributed by atoms with E-state index in [2.05, 4.69) is 41.4 Å². The summed E-state index contributed by atoms with van der Waals surface area (Å²) in [5.74, 6) is 0.0480. The molecule has 0 bridgehead atoms. The van der Waals surface area contributed by atoms with Crippen molar-refractivity contribution < 1.29 is 19.1 Å². The molecule has 2 aromatic rings. The maximum absolute atomic E-state index is 12.3. The van der Waals surface area contributed by atoms with E-state index < -0.39 is 5.97 Å². The molecular weight excluding hydrogens is 356 g/mol. The number of amides is 1. The van der Waals surface area contributed by atoms with E-state index in [1.165, 1.54) is 18.2 Å². The Morgan fingerprint density at radius 1 is 1.00 bits per heavy atom. The largest absolute Gasteiger partial charge is 0.482 e. The molecule has 0 saturated carbocycles. The van der Waals surface area contributed by atoms with Crippen molar-refractivity contribution in [2.75, 3.05) is 25.6 Å². The van der Waals surface area contributed by atoms with Crippen molar-refractivity contribution in [1.29, 1.82) is 0 Å². The molecule has 6 nitrogen and oxygen atoms in total. The van der Waals surface area contributed by atoms with Gasteiger partial charge < -0.3 is 20.1 Å².